The molecular formula is C10H12ClNS. The summed E-state index contributed by atoms with van der Waals surface area (Å²) < 4.78 is 0. The third-order valence-electron chi connectivity index (χ3n) is 2.30. The molecule has 1 aliphatic heterocycles. The van der Waals surface area contributed by atoms with Gasteiger partial charge in [0.05, 0.1) is 5.02 Å². The Morgan fingerprint density at radius 2 is 2.31 bits per heavy atom. The first-order valence-electron chi connectivity index (χ1n) is 4.46. The lowest BCUT2D eigenvalue weighted by Gasteiger charge is -2.12. The van der Waals surface area contributed by atoms with Crippen molar-refractivity contribution in [2.45, 2.75) is 23.8 Å². The van der Waals surface area contributed by atoms with Crippen molar-refractivity contribution in [1.82, 2.24) is 0 Å². The zero-order chi connectivity index (χ0) is 9.26. The minimum Gasteiger partial charge on any atom is -0.324 e. The Hall–Kier alpha value is -0.180. The Morgan fingerprint density at radius 3 is 3.15 bits per heavy atom. The van der Waals surface area contributed by atoms with E-state index in [4.69, 9.17) is 17.3 Å². The fourth-order valence-electron chi connectivity index (χ4n) is 1.60. The molecule has 0 aromatic heterocycles. The summed E-state index contributed by atoms with van der Waals surface area (Å²) in [6.07, 6.45) is 2.25. The van der Waals surface area contributed by atoms with Crippen LogP contribution in [0.2, 0.25) is 5.02 Å². The highest BCUT2D eigenvalue weighted by atomic mass is 35.5. The Morgan fingerprint density at radius 1 is 1.46 bits per heavy atom. The molecule has 1 atom stereocenters. The second kappa shape index (κ2) is 3.91. The lowest BCUT2D eigenvalue weighted by Crippen LogP contribution is -2.09. The van der Waals surface area contributed by atoms with Crippen molar-refractivity contribution >= 4 is 23.4 Å². The van der Waals surface area contributed by atoms with Gasteiger partial charge in [-0.3, -0.25) is 0 Å². The zero-order valence-corrected chi connectivity index (χ0v) is 8.87. The van der Waals surface area contributed by atoms with Crippen LogP contribution in [0.4, 0.5) is 0 Å². The summed E-state index contributed by atoms with van der Waals surface area (Å²) in [6, 6.07) is 6.17. The third-order valence-corrected chi connectivity index (χ3v) is 3.97. The van der Waals surface area contributed by atoms with Crippen LogP contribution in [-0.4, -0.2) is 5.75 Å². The summed E-state index contributed by atoms with van der Waals surface area (Å²) in [5.74, 6) is 1.13. The van der Waals surface area contributed by atoms with Crippen LogP contribution in [0.3, 0.4) is 0 Å². The van der Waals surface area contributed by atoms with Crippen molar-refractivity contribution < 1.29 is 0 Å². The fraction of sp³-hybridized carbons (Fsp3) is 0.400. The summed E-state index contributed by atoms with van der Waals surface area (Å²) in [6.45, 7) is 0. The molecule has 1 aromatic rings. The minimum atomic E-state index is 0.170. The van der Waals surface area contributed by atoms with Crippen LogP contribution in [0.5, 0.6) is 0 Å². The predicted molar refractivity (Wildman–Crippen MR) is 58.3 cm³/mol. The molecule has 0 radical (unpaired) electrons. The van der Waals surface area contributed by atoms with E-state index in [1.165, 1.54) is 16.9 Å². The van der Waals surface area contributed by atoms with E-state index in [0.29, 0.717) is 0 Å². The number of thioether (sulfide) groups is 1. The van der Waals surface area contributed by atoms with E-state index in [1.807, 2.05) is 23.9 Å². The molecule has 0 spiro atoms. The van der Waals surface area contributed by atoms with Gasteiger partial charge in [-0.15, -0.1) is 11.8 Å². The van der Waals surface area contributed by atoms with Crippen molar-refractivity contribution in [2.24, 2.45) is 5.73 Å². The van der Waals surface area contributed by atoms with Gasteiger partial charge in [0.1, 0.15) is 0 Å². The number of rotatable bonds is 0. The number of halogens is 1. The summed E-state index contributed by atoms with van der Waals surface area (Å²) in [5.41, 5.74) is 7.26. The summed E-state index contributed by atoms with van der Waals surface area (Å²) >= 11 is 7.93. The number of benzene rings is 1. The number of nitrogens with two attached hydrogens (primary N) is 1. The molecule has 2 N–H and O–H groups in total. The van der Waals surface area contributed by atoms with E-state index in [9.17, 15) is 0 Å². The molecule has 0 bridgehead atoms. The molecule has 1 nitrogen and oxygen atoms in total. The van der Waals surface area contributed by atoms with Gasteiger partial charge < -0.3 is 5.73 Å². The Balaban J connectivity index is 2.47. The lowest BCUT2D eigenvalue weighted by molar-refractivity contribution is 0.640. The largest absolute Gasteiger partial charge is 0.324 e. The molecule has 0 aliphatic carbocycles. The Labute approximate surface area is 87.7 Å². The van der Waals surface area contributed by atoms with E-state index in [0.717, 1.165) is 17.2 Å². The number of hydrogen-bond donors (Lipinski definition) is 1. The predicted octanol–water partition coefficient (Wildman–Crippen LogP) is 3.23. The second-order valence-corrected chi connectivity index (χ2v) is 4.77. The first kappa shape index (κ1) is 9.38. The molecule has 1 heterocycles. The molecule has 1 aromatic carbocycles. The smallest absolute Gasteiger partial charge is 0.0545 e. The number of fused-ring (bicyclic) bond motifs is 1. The van der Waals surface area contributed by atoms with Crippen LogP contribution < -0.4 is 5.73 Å². The van der Waals surface area contributed by atoms with Crippen LogP contribution in [0.25, 0.3) is 0 Å². The van der Waals surface area contributed by atoms with E-state index in [1.54, 1.807) is 0 Å². The molecule has 0 amide bonds. The van der Waals surface area contributed by atoms with Crippen molar-refractivity contribution in [3.05, 3.63) is 28.8 Å². The highest BCUT2D eigenvalue weighted by molar-refractivity contribution is 7.99. The van der Waals surface area contributed by atoms with Gasteiger partial charge in [-0.25, -0.2) is 0 Å². The van der Waals surface area contributed by atoms with E-state index in [-0.39, 0.29) is 6.04 Å². The average molecular weight is 214 g/mol. The van der Waals surface area contributed by atoms with Gasteiger partial charge in [0.15, 0.2) is 0 Å². The summed E-state index contributed by atoms with van der Waals surface area (Å²) in [5, 5.41) is 0.847. The zero-order valence-electron chi connectivity index (χ0n) is 7.29. The van der Waals surface area contributed by atoms with Gasteiger partial charge >= 0.3 is 0 Å². The maximum absolute atomic E-state index is 6.10. The van der Waals surface area contributed by atoms with Crippen molar-refractivity contribution in [1.29, 1.82) is 0 Å². The quantitative estimate of drug-likeness (QED) is 0.716. The molecule has 0 saturated heterocycles. The Bertz CT molecular complexity index is 314. The maximum atomic E-state index is 6.10. The van der Waals surface area contributed by atoms with E-state index in [2.05, 4.69) is 6.07 Å². The van der Waals surface area contributed by atoms with E-state index < -0.39 is 0 Å². The van der Waals surface area contributed by atoms with Crippen LogP contribution >= 0.6 is 23.4 Å². The summed E-state index contributed by atoms with van der Waals surface area (Å²) in [4.78, 5) is 1.19. The average Bonchev–Trinajstić information content (AvgIpc) is 2.30. The Kier molecular flexibility index (Phi) is 2.82. The molecule has 0 saturated carbocycles. The van der Waals surface area contributed by atoms with Crippen molar-refractivity contribution in [3.8, 4) is 0 Å². The van der Waals surface area contributed by atoms with Gasteiger partial charge in [0.25, 0.3) is 0 Å². The van der Waals surface area contributed by atoms with Crippen LogP contribution in [0, 0.1) is 0 Å². The monoisotopic (exact) mass is 213 g/mol. The highest BCUT2D eigenvalue weighted by Gasteiger charge is 2.17. The third kappa shape index (κ3) is 1.85. The van der Waals surface area contributed by atoms with Crippen LogP contribution in [0.15, 0.2) is 23.1 Å². The molecule has 70 valence electrons. The molecule has 3 heteroatoms. The lowest BCUT2D eigenvalue weighted by atomic mass is 10.0. The maximum Gasteiger partial charge on any atom is 0.0545 e. The molecule has 13 heavy (non-hydrogen) atoms. The minimum absolute atomic E-state index is 0.170. The summed E-state index contributed by atoms with van der Waals surface area (Å²) in [7, 11) is 0. The van der Waals surface area contributed by atoms with Crippen molar-refractivity contribution in [3.63, 3.8) is 0 Å². The second-order valence-electron chi connectivity index (χ2n) is 3.26. The first-order valence-corrected chi connectivity index (χ1v) is 5.82. The fourth-order valence-corrected chi connectivity index (χ4v) is 3.06. The molecule has 0 fully saturated rings. The standard InChI is InChI=1S/C10H12ClNS/c11-8-4-1-3-7-9(12)5-2-6-13-10(7)8/h1,3-4,9H,2,5-6,12H2. The molecular weight excluding hydrogens is 202 g/mol. The van der Waals surface area contributed by atoms with Gasteiger partial charge in [0, 0.05) is 10.9 Å². The number of hydrogen-bond acceptors (Lipinski definition) is 2. The first-order chi connectivity index (χ1) is 6.29. The van der Waals surface area contributed by atoms with Gasteiger partial charge in [-0.2, -0.15) is 0 Å². The van der Waals surface area contributed by atoms with E-state index >= 15 is 0 Å². The molecule has 1 unspecified atom stereocenters. The van der Waals surface area contributed by atoms with Crippen LogP contribution in [-0.2, 0) is 0 Å². The topological polar surface area (TPSA) is 26.0 Å². The van der Waals surface area contributed by atoms with Gasteiger partial charge in [-0.05, 0) is 30.2 Å². The molecule has 2 rings (SSSR count). The normalized spacial score (nSPS) is 22.2. The van der Waals surface area contributed by atoms with Crippen LogP contribution in [0.1, 0.15) is 24.4 Å². The highest BCUT2D eigenvalue weighted by Crippen LogP contribution is 2.37. The SMILES string of the molecule is NC1CCCSc2c(Cl)cccc21. The van der Waals surface area contributed by atoms with Gasteiger partial charge in [-0.1, -0.05) is 23.7 Å². The molecule has 1 aliphatic rings. The van der Waals surface area contributed by atoms with Crippen molar-refractivity contribution in [2.75, 3.05) is 5.75 Å². The van der Waals surface area contributed by atoms with Gasteiger partial charge in [0.2, 0.25) is 0 Å².